The molecule has 2 saturated carbocycles. The van der Waals surface area contributed by atoms with Crippen LogP contribution in [0.5, 0.6) is 5.75 Å². The number of alkyl carbamates (subject to hydrolysis) is 1. The number of likely N-dealkylation sites (tertiary alicyclic amines) is 2. The summed E-state index contributed by atoms with van der Waals surface area (Å²) in [6, 6.07) is -0.208. The number of alkyl halides is 1. The Morgan fingerprint density at radius 1 is 1.15 bits per heavy atom. The number of nitrogens with two attached hydrogens (primary N) is 1. The molecule has 2 saturated heterocycles. The van der Waals surface area contributed by atoms with E-state index in [1.807, 2.05) is 0 Å². The summed E-state index contributed by atoms with van der Waals surface area (Å²) >= 11 is 3.26. The van der Waals surface area contributed by atoms with Crippen LogP contribution in [0, 0.1) is 29.1 Å². The van der Waals surface area contributed by atoms with Gasteiger partial charge in [0, 0.05) is 13.0 Å². The molecule has 4 heterocycles. The third-order valence-electron chi connectivity index (χ3n) is 10.3. The van der Waals surface area contributed by atoms with Crippen LogP contribution in [0.3, 0.4) is 0 Å². The number of hydrogen-bond acceptors (Lipinski definition) is 8. The van der Waals surface area contributed by atoms with Gasteiger partial charge in [-0.15, -0.1) is 0 Å². The summed E-state index contributed by atoms with van der Waals surface area (Å²) < 4.78 is 27.4. The number of aromatic nitrogens is 1. The summed E-state index contributed by atoms with van der Waals surface area (Å²) in [5, 5.41) is 5.44. The van der Waals surface area contributed by atoms with Gasteiger partial charge in [-0.3, -0.25) is 19.2 Å². The lowest BCUT2D eigenvalue weighted by atomic mass is 9.77. The van der Waals surface area contributed by atoms with Gasteiger partial charge in [-0.1, -0.05) is 20.8 Å². The Hall–Kier alpha value is -3.49. The number of primary amides is 1. The fourth-order valence-electron chi connectivity index (χ4n) is 8.33. The van der Waals surface area contributed by atoms with Crippen LogP contribution in [0.2, 0.25) is 0 Å². The van der Waals surface area contributed by atoms with Crippen LogP contribution >= 0.6 is 15.9 Å². The van der Waals surface area contributed by atoms with E-state index in [1.54, 1.807) is 53.7 Å². The smallest absolute Gasteiger partial charge is 0.408 e. The fraction of sp³-hybridized carbons (Fsp3) is 0.688. The molecular weight excluding hydrogens is 679 g/mol. The number of hydrogen-bond donors (Lipinski definition) is 3. The highest BCUT2D eigenvalue weighted by molar-refractivity contribution is 9.10. The Bertz CT molecular complexity index is 1530. The molecule has 2 bridgehead atoms. The Kier molecular flexibility index (Phi) is 8.03. The van der Waals surface area contributed by atoms with Gasteiger partial charge in [-0.25, -0.2) is 14.2 Å². The van der Waals surface area contributed by atoms with Crippen LogP contribution in [0.25, 0.3) is 0 Å². The number of nitrogens with one attached hydrogen (secondary N) is 2. The molecule has 6 rings (SSSR count). The molecule has 5 aliphatic rings. The van der Waals surface area contributed by atoms with Crippen molar-refractivity contribution in [2.24, 2.45) is 34.8 Å². The van der Waals surface area contributed by atoms with E-state index in [9.17, 15) is 24.0 Å². The van der Waals surface area contributed by atoms with Crippen LogP contribution < -0.4 is 21.1 Å². The highest BCUT2D eigenvalue weighted by Crippen LogP contribution is 2.59. The monoisotopic (exact) mass is 720 g/mol. The van der Waals surface area contributed by atoms with Gasteiger partial charge in [0.1, 0.15) is 34.5 Å². The first-order chi connectivity index (χ1) is 21.8. The zero-order valence-corrected chi connectivity index (χ0v) is 28.9. The first-order valence-electron chi connectivity index (χ1n) is 16.0. The third-order valence-corrected chi connectivity index (χ3v) is 10.7. The molecule has 0 unspecified atom stereocenters. The van der Waals surface area contributed by atoms with Gasteiger partial charge >= 0.3 is 6.09 Å². The summed E-state index contributed by atoms with van der Waals surface area (Å²) in [4.78, 5) is 75.5. The number of rotatable bonds is 4. The van der Waals surface area contributed by atoms with Crippen molar-refractivity contribution in [3.8, 4) is 5.75 Å². The molecule has 47 heavy (non-hydrogen) atoms. The van der Waals surface area contributed by atoms with E-state index < -0.39 is 82.5 Å². The van der Waals surface area contributed by atoms with E-state index >= 15 is 4.39 Å². The molecule has 15 heteroatoms. The molecular formula is C32H42BrFN6O7. The van der Waals surface area contributed by atoms with Gasteiger partial charge in [-0.05, 0) is 90.8 Å². The molecule has 0 radical (unpaired) electrons. The second-order valence-electron chi connectivity index (χ2n) is 15.7. The SMILES string of the molecule is CC(C)(C)OC(=O)N[C@H](C(=O)N1C[C@@H]2[C@H]3C[C@@H]([C@@H]2[C@H]1C(=O)N1C[C@@]2(C[C@H]1C(N)=O)Oc1ccc(Br)nc1NC2=O)[C@H](F)C3)C(C)(C)C. The molecule has 5 amide bonds. The topological polar surface area (TPSA) is 173 Å². The number of carbonyl (C=O) groups excluding carboxylic acids is 5. The summed E-state index contributed by atoms with van der Waals surface area (Å²) in [7, 11) is 0. The minimum absolute atomic E-state index is 0.00681. The van der Waals surface area contributed by atoms with Crippen molar-refractivity contribution in [1.82, 2.24) is 20.1 Å². The van der Waals surface area contributed by atoms with Crippen LogP contribution in [0.15, 0.2) is 16.7 Å². The van der Waals surface area contributed by atoms with Crippen molar-refractivity contribution < 1.29 is 37.8 Å². The first kappa shape index (κ1) is 33.4. The number of ether oxygens (including phenoxy) is 2. The lowest BCUT2D eigenvalue weighted by molar-refractivity contribution is -0.150. The molecule has 1 spiro atoms. The minimum Gasteiger partial charge on any atom is -0.472 e. The summed E-state index contributed by atoms with van der Waals surface area (Å²) in [5.74, 6) is -3.19. The van der Waals surface area contributed by atoms with E-state index in [2.05, 4.69) is 31.5 Å². The fourth-order valence-corrected chi connectivity index (χ4v) is 8.64. The maximum atomic E-state index is 15.3. The average molecular weight is 722 g/mol. The number of pyridine rings is 1. The largest absolute Gasteiger partial charge is 0.472 e. The van der Waals surface area contributed by atoms with E-state index in [0.29, 0.717) is 17.4 Å². The molecule has 9 atom stereocenters. The number of anilines is 1. The van der Waals surface area contributed by atoms with Crippen molar-refractivity contribution in [2.75, 3.05) is 18.4 Å². The predicted molar refractivity (Wildman–Crippen MR) is 169 cm³/mol. The summed E-state index contributed by atoms with van der Waals surface area (Å²) in [5.41, 5.74) is 2.58. The lowest BCUT2D eigenvalue weighted by Gasteiger charge is -2.39. The molecule has 1 aromatic heterocycles. The second kappa shape index (κ2) is 11.3. The maximum absolute atomic E-state index is 15.3. The zero-order valence-electron chi connectivity index (χ0n) is 27.3. The van der Waals surface area contributed by atoms with Crippen LogP contribution in [-0.2, 0) is 23.9 Å². The highest BCUT2D eigenvalue weighted by atomic mass is 79.9. The number of fused-ring (bicyclic) bond motifs is 6. The minimum atomic E-state index is -1.64. The Balaban J connectivity index is 1.34. The first-order valence-corrected chi connectivity index (χ1v) is 16.8. The van der Waals surface area contributed by atoms with Gasteiger partial charge < -0.3 is 35.6 Å². The van der Waals surface area contributed by atoms with Crippen LogP contribution in [-0.4, -0.2) is 93.1 Å². The van der Waals surface area contributed by atoms with Crippen molar-refractivity contribution in [1.29, 1.82) is 0 Å². The normalized spacial score (nSPS) is 33.2. The van der Waals surface area contributed by atoms with Crippen molar-refractivity contribution in [2.45, 2.75) is 96.3 Å². The van der Waals surface area contributed by atoms with E-state index in [-0.39, 0.29) is 42.9 Å². The Labute approximate surface area is 281 Å². The predicted octanol–water partition coefficient (Wildman–Crippen LogP) is 2.76. The second-order valence-corrected chi connectivity index (χ2v) is 16.5. The Morgan fingerprint density at radius 3 is 2.49 bits per heavy atom. The van der Waals surface area contributed by atoms with E-state index in [1.165, 1.54) is 9.80 Å². The molecule has 2 aliphatic carbocycles. The number of halogens is 2. The molecule has 13 nitrogen and oxygen atoms in total. The van der Waals surface area contributed by atoms with E-state index in [4.69, 9.17) is 15.2 Å². The van der Waals surface area contributed by atoms with Gasteiger partial charge in [-0.2, -0.15) is 0 Å². The molecule has 3 aliphatic heterocycles. The average Bonchev–Trinajstić information content (AvgIpc) is 3.70. The third kappa shape index (κ3) is 5.82. The van der Waals surface area contributed by atoms with Gasteiger partial charge in [0.15, 0.2) is 11.6 Å². The van der Waals surface area contributed by atoms with Gasteiger partial charge in [0.05, 0.1) is 6.54 Å². The molecule has 4 fully saturated rings. The number of carbonyl (C=O) groups is 5. The zero-order chi connectivity index (χ0) is 34.4. The number of amides is 5. The van der Waals surface area contributed by atoms with Crippen molar-refractivity contribution in [3.05, 3.63) is 16.7 Å². The van der Waals surface area contributed by atoms with Crippen LogP contribution in [0.4, 0.5) is 15.0 Å². The summed E-state index contributed by atoms with van der Waals surface area (Å²) in [6.07, 6.45) is -1.16. The number of nitrogens with zero attached hydrogens (tertiary/aromatic N) is 3. The highest BCUT2D eigenvalue weighted by Gasteiger charge is 2.65. The lowest BCUT2D eigenvalue weighted by Crippen LogP contribution is -2.61. The molecule has 0 aromatic carbocycles. The van der Waals surface area contributed by atoms with Gasteiger partial charge in [0.25, 0.3) is 5.91 Å². The molecule has 4 N–H and O–H groups in total. The quantitative estimate of drug-likeness (QED) is 0.399. The molecule has 256 valence electrons. The van der Waals surface area contributed by atoms with Gasteiger partial charge in [0.2, 0.25) is 23.3 Å². The maximum Gasteiger partial charge on any atom is 0.408 e. The van der Waals surface area contributed by atoms with Crippen molar-refractivity contribution in [3.63, 3.8) is 0 Å². The standard InChI is InChI=1S/C32H42BrFN6O7/c1-30(2,3)23(37-29(45)47-31(4,5)6)27(43)39-12-16-14-9-15(17(34)10-14)21(16)22(39)26(42)40-13-32(11-18(40)24(35)41)28(44)38-25-19(46-32)7-8-20(33)36-25/h7-8,14-18,21-23H,9-13H2,1-6H3,(H2,35,41)(H,37,45)(H,36,38,44)/t14-,15+,16+,17+,18-,21-,22-,23+,32+/m0/s1. The molecule has 1 aromatic rings. The van der Waals surface area contributed by atoms with Crippen molar-refractivity contribution >= 4 is 51.5 Å². The summed E-state index contributed by atoms with van der Waals surface area (Å²) in [6.45, 7) is 10.4. The Morgan fingerprint density at radius 2 is 1.85 bits per heavy atom. The van der Waals surface area contributed by atoms with E-state index in [0.717, 1.165) is 0 Å². The van der Waals surface area contributed by atoms with Crippen LogP contribution in [0.1, 0.15) is 60.8 Å².